The van der Waals surface area contributed by atoms with E-state index in [0.717, 1.165) is 24.9 Å². The van der Waals surface area contributed by atoms with Gasteiger partial charge in [-0.3, -0.25) is 4.79 Å². The highest BCUT2D eigenvalue weighted by atomic mass is 35.5. The van der Waals surface area contributed by atoms with Gasteiger partial charge in [-0.05, 0) is 37.5 Å². The lowest BCUT2D eigenvalue weighted by Gasteiger charge is -2.23. The van der Waals surface area contributed by atoms with Crippen LogP contribution in [0, 0.1) is 0 Å². The Balaban J connectivity index is 2.17. The maximum Gasteiger partial charge on any atom is 0.249 e. The van der Waals surface area contributed by atoms with Gasteiger partial charge in [0.05, 0.1) is 12.6 Å². The fraction of sp³-hybridized carbons (Fsp3) is 0.400. The zero-order valence-electron chi connectivity index (χ0n) is 11.0. The van der Waals surface area contributed by atoms with E-state index in [1.807, 2.05) is 18.2 Å². The third kappa shape index (κ3) is 3.17. The van der Waals surface area contributed by atoms with Crippen molar-refractivity contribution >= 4 is 23.6 Å². The maximum absolute atomic E-state index is 12.3. The summed E-state index contributed by atoms with van der Waals surface area (Å²) in [5.74, 6) is -0.0172. The van der Waals surface area contributed by atoms with E-state index < -0.39 is 0 Å². The molecule has 0 radical (unpaired) electrons. The molecule has 1 aliphatic rings. The van der Waals surface area contributed by atoms with Crippen molar-refractivity contribution in [3.63, 3.8) is 0 Å². The number of carbonyl (C=O) groups excluding carboxylic acids is 1. The van der Waals surface area contributed by atoms with E-state index >= 15 is 0 Å². The summed E-state index contributed by atoms with van der Waals surface area (Å²) >= 11 is 6.08. The number of aliphatic hydroxyl groups excluding tert-OH is 1. The summed E-state index contributed by atoms with van der Waals surface area (Å²) in [7, 11) is 0. The van der Waals surface area contributed by atoms with Crippen LogP contribution in [0.4, 0.5) is 0 Å². The number of carbonyl (C=O) groups is 1. The van der Waals surface area contributed by atoms with Gasteiger partial charge in [0, 0.05) is 17.1 Å². The number of likely N-dealkylation sites (tertiary alicyclic amines) is 1. The van der Waals surface area contributed by atoms with Gasteiger partial charge in [-0.25, -0.2) is 0 Å². The Labute approximate surface area is 118 Å². The SMILES string of the molecule is CC(=Cc1ccccc1Cl)C(=O)N1CCCC1CO. The molecule has 0 bridgehead atoms. The van der Waals surface area contributed by atoms with Crippen molar-refractivity contribution in [1.29, 1.82) is 0 Å². The summed E-state index contributed by atoms with van der Waals surface area (Å²) < 4.78 is 0. The highest BCUT2D eigenvalue weighted by molar-refractivity contribution is 6.32. The summed E-state index contributed by atoms with van der Waals surface area (Å²) in [6.07, 6.45) is 3.63. The van der Waals surface area contributed by atoms with Crippen LogP contribution < -0.4 is 0 Å². The molecule has 1 unspecified atom stereocenters. The van der Waals surface area contributed by atoms with Gasteiger partial charge in [-0.1, -0.05) is 29.8 Å². The van der Waals surface area contributed by atoms with Gasteiger partial charge in [0.2, 0.25) is 5.91 Å². The van der Waals surface area contributed by atoms with Gasteiger partial charge in [0.25, 0.3) is 0 Å². The number of nitrogens with zero attached hydrogens (tertiary/aromatic N) is 1. The third-order valence-corrected chi connectivity index (χ3v) is 3.81. The number of aliphatic hydroxyl groups is 1. The fourth-order valence-corrected chi connectivity index (χ4v) is 2.60. The van der Waals surface area contributed by atoms with Crippen molar-refractivity contribution in [3.05, 3.63) is 40.4 Å². The second-order valence-electron chi connectivity index (χ2n) is 4.83. The lowest BCUT2D eigenvalue weighted by molar-refractivity contribution is -0.128. The van der Waals surface area contributed by atoms with Gasteiger partial charge in [0.1, 0.15) is 0 Å². The first kappa shape index (κ1) is 14.1. The topological polar surface area (TPSA) is 40.5 Å². The normalized spacial score (nSPS) is 19.8. The lowest BCUT2D eigenvalue weighted by atomic mass is 10.1. The Bertz CT molecular complexity index is 499. The number of rotatable bonds is 3. The molecule has 1 aliphatic heterocycles. The minimum absolute atomic E-state index is 0.0172. The van der Waals surface area contributed by atoms with Crippen LogP contribution in [0.15, 0.2) is 29.8 Å². The molecule has 1 aromatic carbocycles. The number of hydrogen-bond acceptors (Lipinski definition) is 2. The van der Waals surface area contributed by atoms with Crippen LogP contribution in [0.1, 0.15) is 25.3 Å². The van der Waals surface area contributed by atoms with Crippen molar-refractivity contribution in [2.75, 3.05) is 13.2 Å². The number of amides is 1. The summed E-state index contributed by atoms with van der Waals surface area (Å²) in [5.41, 5.74) is 1.49. The highest BCUT2D eigenvalue weighted by Crippen LogP contribution is 2.22. The number of halogens is 1. The average molecular weight is 280 g/mol. The number of benzene rings is 1. The van der Waals surface area contributed by atoms with Crippen LogP contribution in [0.3, 0.4) is 0 Å². The molecule has 3 nitrogen and oxygen atoms in total. The summed E-state index contributed by atoms with van der Waals surface area (Å²) in [4.78, 5) is 14.1. The van der Waals surface area contributed by atoms with E-state index in [2.05, 4.69) is 0 Å². The van der Waals surface area contributed by atoms with Crippen LogP contribution in [0.2, 0.25) is 5.02 Å². The fourth-order valence-electron chi connectivity index (χ4n) is 2.41. The molecule has 2 rings (SSSR count). The highest BCUT2D eigenvalue weighted by Gasteiger charge is 2.28. The van der Waals surface area contributed by atoms with E-state index in [4.69, 9.17) is 11.6 Å². The Morgan fingerprint density at radius 2 is 2.26 bits per heavy atom. The summed E-state index contributed by atoms with van der Waals surface area (Å²) in [5, 5.41) is 9.90. The summed E-state index contributed by atoms with van der Waals surface area (Å²) in [6, 6.07) is 7.40. The Hall–Kier alpha value is -1.32. The number of hydrogen-bond donors (Lipinski definition) is 1. The van der Waals surface area contributed by atoms with Gasteiger partial charge in [-0.15, -0.1) is 0 Å². The Morgan fingerprint density at radius 1 is 1.53 bits per heavy atom. The van der Waals surface area contributed by atoms with Crippen molar-refractivity contribution in [3.8, 4) is 0 Å². The first-order chi connectivity index (χ1) is 9.13. The largest absolute Gasteiger partial charge is 0.394 e. The first-order valence-corrected chi connectivity index (χ1v) is 6.86. The Kier molecular flexibility index (Phi) is 4.61. The molecule has 0 saturated carbocycles. The molecule has 1 fully saturated rings. The molecule has 1 amide bonds. The molecule has 1 heterocycles. The molecular weight excluding hydrogens is 262 g/mol. The van der Waals surface area contributed by atoms with Crippen LogP contribution >= 0.6 is 11.6 Å². The zero-order chi connectivity index (χ0) is 13.8. The smallest absolute Gasteiger partial charge is 0.249 e. The third-order valence-electron chi connectivity index (χ3n) is 3.46. The van der Waals surface area contributed by atoms with Crippen molar-refractivity contribution in [2.45, 2.75) is 25.8 Å². The van der Waals surface area contributed by atoms with E-state index in [9.17, 15) is 9.90 Å². The van der Waals surface area contributed by atoms with Crippen LogP contribution in [-0.4, -0.2) is 35.1 Å². The van der Waals surface area contributed by atoms with Gasteiger partial charge in [0.15, 0.2) is 0 Å². The molecule has 1 N–H and O–H groups in total. The standard InChI is InChI=1S/C15H18ClNO2/c1-11(9-12-5-2-3-7-14(12)16)15(19)17-8-4-6-13(17)10-18/h2-3,5,7,9,13,18H,4,6,8,10H2,1H3. The Morgan fingerprint density at radius 3 is 2.95 bits per heavy atom. The molecule has 1 atom stereocenters. The molecule has 0 aromatic heterocycles. The molecule has 102 valence electrons. The van der Waals surface area contributed by atoms with Gasteiger partial charge < -0.3 is 10.0 Å². The van der Waals surface area contributed by atoms with Crippen molar-refractivity contribution in [1.82, 2.24) is 4.90 Å². The molecule has 1 aromatic rings. The second kappa shape index (κ2) is 6.22. The summed E-state index contributed by atoms with van der Waals surface area (Å²) in [6.45, 7) is 2.54. The molecule has 0 spiro atoms. The minimum Gasteiger partial charge on any atom is -0.394 e. The van der Waals surface area contributed by atoms with Gasteiger partial charge in [-0.2, -0.15) is 0 Å². The first-order valence-electron chi connectivity index (χ1n) is 6.48. The second-order valence-corrected chi connectivity index (χ2v) is 5.23. The minimum atomic E-state index is -0.0397. The molecule has 1 saturated heterocycles. The monoisotopic (exact) mass is 279 g/mol. The van der Waals surface area contributed by atoms with E-state index in [1.54, 1.807) is 24.0 Å². The molecule has 0 aliphatic carbocycles. The van der Waals surface area contributed by atoms with Crippen molar-refractivity contribution in [2.24, 2.45) is 0 Å². The molecule has 4 heteroatoms. The predicted octanol–water partition coefficient (Wildman–Crippen LogP) is 2.73. The van der Waals surface area contributed by atoms with E-state index in [1.165, 1.54) is 0 Å². The average Bonchev–Trinajstić information content (AvgIpc) is 2.88. The quantitative estimate of drug-likeness (QED) is 0.865. The van der Waals surface area contributed by atoms with Crippen LogP contribution in [0.25, 0.3) is 6.08 Å². The van der Waals surface area contributed by atoms with Gasteiger partial charge >= 0.3 is 0 Å². The van der Waals surface area contributed by atoms with Crippen molar-refractivity contribution < 1.29 is 9.90 Å². The van der Waals surface area contributed by atoms with Crippen LogP contribution in [0.5, 0.6) is 0 Å². The van der Waals surface area contributed by atoms with E-state index in [-0.39, 0.29) is 18.6 Å². The lowest BCUT2D eigenvalue weighted by Crippen LogP contribution is -2.38. The maximum atomic E-state index is 12.3. The van der Waals surface area contributed by atoms with E-state index in [0.29, 0.717) is 10.6 Å². The molecule has 19 heavy (non-hydrogen) atoms. The zero-order valence-corrected chi connectivity index (χ0v) is 11.7. The predicted molar refractivity (Wildman–Crippen MR) is 76.9 cm³/mol. The van der Waals surface area contributed by atoms with Crippen LogP contribution in [-0.2, 0) is 4.79 Å². The molecular formula is C15H18ClNO2.